The van der Waals surface area contributed by atoms with Gasteiger partial charge in [0.2, 0.25) is 0 Å². The largest absolute Gasteiger partial charge is 0.381 e. The Bertz CT molecular complexity index is 793. The monoisotopic (exact) mass is 396 g/mol. The second-order valence-electron chi connectivity index (χ2n) is 8.92. The van der Waals surface area contributed by atoms with Crippen LogP contribution < -0.4 is 5.32 Å². The lowest BCUT2D eigenvalue weighted by Gasteiger charge is -2.27. The van der Waals surface area contributed by atoms with E-state index in [9.17, 15) is 4.39 Å². The lowest BCUT2D eigenvalue weighted by Crippen LogP contribution is -2.32. The molecule has 5 nitrogen and oxygen atoms in total. The van der Waals surface area contributed by atoms with Crippen LogP contribution in [0.1, 0.15) is 25.7 Å². The van der Waals surface area contributed by atoms with E-state index in [1.807, 2.05) is 12.1 Å². The highest BCUT2D eigenvalue weighted by molar-refractivity contribution is 5.59. The number of likely N-dealkylation sites (tertiary alicyclic amines) is 1. The number of ether oxygens (including phenoxy) is 1. The first-order chi connectivity index (χ1) is 14.2. The van der Waals surface area contributed by atoms with E-state index in [0.717, 1.165) is 48.0 Å². The standard InChI is InChI=1S/C23H29FN4O/c24-20-3-1-17(2-4-20)22-5-6-23(27-26-22)25-21-11-18-14-28(15-19(18)12-21)13-16-7-9-29-10-8-16/h1-6,16,18-19,21H,7-15H2,(H,25,27)/t18-,19+,21?. The highest BCUT2D eigenvalue weighted by Gasteiger charge is 2.41. The Kier molecular flexibility index (Phi) is 5.46. The minimum atomic E-state index is -0.238. The zero-order valence-corrected chi connectivity index (χ0v) is 16.8. The van der Waals surface area contributed by atoms with E-state index in [0.29, 0.717) is 6.04 Å². The number of anilines is 1. The summed E-state index contributed by atoms with van der Waals surface area (Å²) < 4.78 is 18.6. The zero-order chi connectivity index (χ0) is 19.6. The molecule has 154 valence electrons. The Labute approximate surface area is 171 Å². The molecule has 0 amide bonds. The molecule has 0 spiro atoms. The number of hydrogen-bond acceptors (Lipinski definition) is 5. The molecule has 3 atom stereocenters. The van der Waals surface area contributed by atoms with Gasteiger partial charge in [-0.2, -0.15) is 0 Å². The summed E-state index contributed by atoms with van der Waals surface area (Å²) in [5, 5.41) is 12.3. The fourth-order valence-corrected chi connectivity index (χ4v) is 5.35. The number of hydrogen-bond donors (Lipinski definition) is 1. The summed E-state index contributed by atoms with van der Waals surface area (Å²) in [6, 6.07) is 10.8. The molecule has 3 aliphatic rings. The molecule has 2 saturated heterocycles. The number of nitrogens with one attached hydrogen (secondary N) is 1. The van der Waals surface area contributed by atoms with Crippen molar-refractivity contribution in [1.29, 1.82) is 0 Å². The summed E-state index contributed by atoms with van der Waals surface area (Å²) in [4.78, 5) is 2.69. The van der Waals surface area contributed by atoms with Crippen LogP contribution in [-0.4, -0.2) is 54.0 Å². The third kappa shape index (κ3) is 4.43. The average molecular weight is 397 g/mol. The minimum Gasteiger partial charge on any atom is -0.381 e. The van der Waals surface area contributed by atoms with Crippen molar-refractivity contribution in [1.82, 2.24) is 15.1 Å². The molecule has 5 rings (SSSR count). The highest BCUT2D eigenvalue weighted by Crippen LogP contribution is 2.39. The van der Waals surface area contributed by atoms with Gasteiger partial charge in [-0.05, 0) is 79.8 Å². The zero-order valence-electron chi connectivity index (χ0n) is 16.8. The maximum absolute atomic E-state index is 13.1. The molecule has 1 aromatic carbocycles. The molecule has 3 heterocycles. The predicted octanol–water partition coefficient (Wildman–Crippen LogP) is 3.83. The molecule has 0 radical (unpaired) electrons. The Morgan fingerprint density at radius 2 is 1.69 bits per heavy atom. The van der Waals surface area contributed by atoms with Gasteiger partial charge in [-0.3, -0.25) is 0 Å². The Hall–Kier alpha value is -2.05. The van der Waals surface area contributed by atoms with Crippen molar-refractivity contribution >= 4 is 5.82 Å². The normalized spacial score (nSPS) is 27.8. The maximum Gasteiger partial charge on any atom is 0.148 e. The van der Waals surface area contributed by atoms with Crippen LogP contribution in [0.4, 0.5) is 10.2 Å². The lowest BCUT2D eigenvalue weighted by molar-refractivity contribution is 0.0545. The second kappa shape index (κ2) is 8.36. The number of benzene rings is 1. The summed E-state index contributed by atoms with van der Waals surface area (Å²) in [6.07, 6.45) is 4.89. The fourth-order valence-electron chi connectivity index (χ4n) is 5.35. The first kappa shape index (κ1) is 18.9. The molecule has 2 aromatic rings. The van der Waals surface area contributed by atoms with Crippen LogP contribution in [0, 0.1) is 23.6 Å². The van der Waals surface area contributed by atoms with Gasteiger partial charge in [0.1, 0.15) is 11.6 Å². The number of aromatic nitrogens is 2. The topological polar surface area (TPSA) is 50.3 Å². The maximum atomic E-state index is 13.1. The van der Waals surface area contributed by atoms with Crippen molar-refractivity contribution in [3.05, 3.63) is 42.2 Å². The first-order valence-electron chi connectivity index (χ1n) is 10.9. The molecule has 29 heavy (non-hydrogen) atoms. The summed E-state index contributed by atoms with van der Waals surface area (Å²) >= 11 is 0. The van der Waals surface area contributed by atoms with Gasteiger partial charge in [0.05, 0.1) is 5.69 Å². The fraction of sp³-hybridized carbons (Fsp3) is 0.565. The molecule has 2 aliphatic heterocycles. The van der Waals surface area contributed by atoms with Crippen molar-refractivity contribution in [2.75, 3.05) is 38.2 Å². The van der Waals surface area contributed by atoms with E-state index >= 15 is 0 Å². The van der Waals surface area contributed by atoms with Crippen molar-refractivity contribution in [2.45, 2.75) is 31.7 Å². The molecular formula is C23H29FN4O. The highest BCUT2D eigenvalue weighted by atomic mass is 19.1. The molecular weight excluding hydrogens is 367 g/mol. The van der Waals surface area contributed by atoms with Gasteiger partial charge < -0.3 is 15.0 Å². The Morgan fingerprint density at radius 3 is 2.34 bits per heavy atom. The van der Waals surface area contributed by atoms with Gasteiger partial charge in [0.25, 0.3) is 0 Å². The van der Waals surface area contributed by atoms with Crippen molar-refractivity contribution in [3.8, 4) is 11.3 Å². The number of halogens is 1. The molecule has 1 unspecified atom stereocenters. The summed E-state index contributed by atoms with van der Waals surface area (Å²) in [5.74, 6) is 3.03. The van der Waals surface area contributed by atoms with Gasteiger partial charge in [-0.15, -0.1) is 10.2 Å². The number of nitrogens with zero attached hydrogens (tertiary/aromatic N) is 3. The second-order valence-corrected chi connectivity index (χ2v) is 8.92. The smallest absolute Gasteiger partial charge is 0.148 e. The molecule has 6 heteroatoms. The SMILES string of the molecule is Fc1ccc(-c2ccc(NC3C[C@@H]4CN(CC5CCOCC5)C[C@@H]4C3)nn2)cc1. The van der Waals surface area contributed by atoms with Gasteiger partial charge in [0, 0.05) is 44.5 Å². The van der Waals surface area contributed by atoms with Crippen molar-refractivity contribution in [2.24, 2.45) is 17.8 Å². The first-order valence-corrected chi connectivity index (χ1v) is 10.9. The molecule has 3 fully saturated rings. The van der Waals surface area contributed by atoms with E-state index in [1.165, 1.54) is 57.5 Å². The van der Waals surface area contributed by atoms with Crippen LogP contribution in [-0.2, 0) is 4.74 Å². The number of fused-ring (bicyclic) bond motifs is 1. The summed E-state index contributed by atoms with van der Waals surface area (Å²) in [6.45, 7) is 5.63. The van der Waals surface area contributed by atoms with Crippen LogP contribution in [0.3, 0.4) is 0 Å². The summed E-state index contributed by atoms with van der Waals surface area (Å²) in [7, 11) is 0. The van der Waals surface area contributed by atoms with Crippen LogP contribution >= 0.6 is 0 Å². The van der Waals surface area contributed by atoms with Gasteiger partial charge in [0.15, 0.2) is 0 Å². The van der Waals surface area contributed by atoms with Gasteiger partial charge in [-0.1, -0.05) is 0 Å². The predicted molar refractivity (Wildman–Crippen MR) is 111 cm³/mol. The van der Waals surface area contributed by atoms with Crippen LogP contribution in [0.5, 0.6) is 0 Å². The molecule has 1 aromatic heterocycles. The van der Waals surface area contributed by atoms with E-state index in [-0.39, 0.29) is 5.82 Å². The van der Waals surface area contributed by atoms with E-state index < -0.39 is 0 Å². The van der Waals surface area contributed by atoms with Crippen molar-refractivity contribution < 1.29 is 9.13 Å². The van der Waals surface area contributed by atoms with Crippen LogP contribution in [0.25, 0.3) is 11.3 Å². The Balaban J connectivity index is 1.12. The third-order valence-electron chi connectivity index (χ3n) is 6.84. The quantitative estimate of drug-likeness (QED) is 0.832. The summed E-state index contributed by atoms with van der Waals surface area (Å²) in [5.41, 5.74) is 1.65. The minimum absolute atomic E-state index is 0.238. The van der Waals surface area contributed by atoms with Gasteiger partial charge in [-0.25, -0.2) is 4.39 Å². The van der Waals surface area contributed by atoms with E-state index in [4.69, 9.17) is 4.74 Å². The van der Waals surface area contributed by atoms with Crippen molar-refractivity contribution in [3.63, 3.8) is 0 Å². The lowest BCUT2D eigenvalue weighted by atomic mass is 10.00. The molecule has 1 saturated carbocycles. The van der Waals surface area contributed by atoms with Crippen LogP contribution in [0.15, 0.2) is 36.4 Å². The molecule has 1 N–H and O–H groups in total. The van der Waals surface area contributed by atoms with E-state index in [1.54, 1.807) is 12.1 Å². The number of rotatable bonds is 5. The van der Waals surface area contributed by atoms with Crippen LogP contribution in [0.2, 0.25) is 0 Å². The third-order valence-corrected chi connectivity index (χ3v) is 6.84. The average Bonchev–Trinajstić information content (AvgIpc) is 3.28. The Morgan fingerprint density at radius 1 is 0.966 bits per heavy atom. The van der Waals surface area contributed by atoms with Gasteiger partial charge >= 0.3 is 0 Å². The van der Waals surface area contributed by atoms with E-state index in [2.05, 4.69) is 20.4 Å². The molecule has 1 aliphatic carbocycles. The molecule has 0 bridgehead atoms.